The highest BCUT2D eigenvalue weighted by Crippen LogP contribution is 2.39. The Morgan fingerprint density at radius 3 is 2.45 bits per heavy atom. The number of nitrogens with zero attached hydrogens (tertiary/aromatic N) is 2. The number of benzene rings is 1. The topological polar surface area (TPSA) is 84.2 Å². The summed E-state index contributed by atoms with van der Waals surface area (Å²) >= 11 is 1.36. The lowest BCUT2D eigenvalue weighted by Gasteiger charge is -2.34. The van der Waals surface area contributed by atoms with Gasteiger partial charge in [-0.3, -0.25) is 4.79 Å². The average Bonchev–Trinajstić information content (AvgIpc) is 2.80. The van der Waals surface area contributed by atoms with E-state index in [4.69, 9.17) is 14.5 Å². The first-order chi connectivity index (χ1) is 15.7. The third kappa shape index (κ3) is 6.00. The van der Waals surface area contributed by atoms with Crippen LogP contribution in [0.2, 0.25) is 0 Å². The van der Waals surface area contributed by atoms with Gasteiger partial charge in [-0.05, 0) is 48.6 Å². The molecule has 33 heavy (non-hydrogen) atoms. The van der Waals surface area contributed by atoms with E-state index in [-0.39, 0.29) is 16.6 Å². The van der Waals surface area contributed by atoms with Crippen LogP contribution < -0.4 is 14.8 Å². The van der Waals surface area contributed by atoms with Crippen LogP contribution >= 0.6 is 11.8 Å². The van der Waals surface area contributed by atoms with Crippen molar-refractivity contribution in [2.24, 2.45) is 11.3 Å². The number of aryl methyl sites for hydroxylation is 1. The van der Waals surface area contributed by atoms with E-state index in [0.29, 0.717) is 40.1 Å². The molecule has 0 fully saturated rings. The number of rotatable bonds is 7. The summed E-state index contributed by atoms with van der Waals surface area (Å²) in [6.45, 7) is 8.78. The second kappa shape index (κ2) is 10.5. The fraction of sp³-hybridized carbons (Fsp3) is 0.500. The van der Waals surface area contributed by atoms with Crippen molar-refractivity contribution < 1.29 is 14.3 Å². The zero-order chi connectivity index (χ0) is 24.2. The molecule has 1 aromatic heterocycles. The van der Waals surface area contributed by atoms with Gasteiger partial charge in [-0.2, -0.15) is 5.26 Å². The Kier molecular flexibility index (Phi) is 7.91. The fourth-order valence-corrected chi connectivity index (χ4v) is 5.11. The summed E-state index contributed by atoms with van der Waals surface area (Å²) in [6.07, 6.45) is 3.55. The third-order valence-electron chi connectivity index (χ3n) is 6.23. The fourth-order valence-electron chi connectivity index (χ4n) is 4.11. The van der Waals surface area contributed by atoms with E-state index in [2.05, 4.69) is 32.2 Å². The number of hydrogen-bond acceptors (Lipinski definition) is 6. The number of ether oxygens (including phenoxy) is 2. The molecule has 0 saturated heterocycles. The molecule has 1 aliphatic carbocycles. The molecule has 0 spiro atoms. The van der Waals surface area contributed by atoms with E-state index in [9.17, 15) is 10.1 Å². The highest BCUT2D eigenvalue weighted by Gasteiger charge is 2.30. The predicted molar refractivity (Wildman–Crippen MR) is 132 cm³/mol. The number of amides is 1. The molecule has 6 nitrogen and oxygen atoms in total. The first-order valence-electron chi connectivity index (χ1n) is 11.3. The van der Waals surface area contributed by atoms with E-state index >= 15 is 0 Å². The summed E-state index contributed by atoms with van der Waals surface area (Å²) < 4.78 is 10.6. The minimum atomic E-state index is -0.384. The van der Waals surface area contributed by atoms with E-state index < -0.39 is 0 Å². The molecule has 176 valence electrons. The summed E-state index contributed by atoms with van der Waals surface area (Å²) in [7, 11) is 3.14. The van der Waals surface area contributed by atoms with Gasteiger partial charge in [0.15, 0.2) is 0 Å². The van der Waals surface area contributed by atoms with Crippen LogP contribution in [0, 0.1) is 22.7 Å². The lowest BCUT2D eigenvalue weighted by Crippen LogP contribution is -2.28. The molecule has 7 heteroatoms. The summed E-state index contributed by atoms with van der Waals surface area (Å²) in [5.41, 5.74) is 3.60. The van der Waals surface area contributed by atoms with Gasteiger partial charge in [-0.1, -0.05) is 39.5 Å². The molecule has 0 aliphatic heterocycles. The van der Waals surface area contributed by atoms with Gasteiger partial charge in [0.1, 0.15) is 22.6 Å². The number of methoxy groups -OCH3 is 2. The van der Waals surface area contributed by atoms with Gasteiger partial charge in [-0.15, -0.1) is 0 Å². The van der Waals surface area contributed by atoms with Gasteiger partial charge < -0.3 is 14.8 Å². The normalized spacial score (nSPS) is 16.3. The maximum atomic E-state index is 13.1. The smallest absolute Gasteiger partial charge is 0.237 e. The molecule has 1 aromatic carbocycles. The quantitative estimate of drug-likeness (QED) is 0.531. The van der Waals surface area contributed by atoms with E-state index in [0.717, 1.165) is 25.0 Å². The number of nitrogens with one attached hydrogen (secondary N) is 1. The van der Waals surface area contributed by atoms with Crippen LogP contribution in [0.15, 0.2) is 29.3 Å². The van der Waals surface area contributed by atoms with E-state index in [1.165, 1.54) is 17.3 Å². The summed E-state index contributed by atoms with van der Waals surface area (Å²) in [4.78, 5) is 17.9. The van der Waals surface area contributed by atoms with Crippen molar-refractivity contribution in [1.82, 2.24) is 4.98 Å². The van der Waals surface area contributed by atoms with Crippen molar-refractivity contribution in [3.8, 4) is 17.6 Å². The number of anilines is 1. The van der Waals surface area contributed by atoms with E-state index in [1.807, 2.05) is 13.0 Å². The molecule has 1 heterocycles. The van der Waals surface area contributed by atoms with Gasteiger partial charge >= 0.3 is 0 Å². The van der Waals surface area contributed by atoms with Crippen molar-refractivity contribution in [3.63, 3.8) is 0 Å². The number of hydrogen-bond donors (Lipinski definition) is 1. The third-order valence-corrected chi connectivity index (χ3v) is 7.60. The van der Waals surface area contributed by atoms with Crippen LogP contribution in [0.1, 0.15) is 57.4 Å². The first-order valence-corrected chi connectivity index (χ1v) is 12.2. The van der Waals surface area contributed by atoms with Crippen molar-refractivity contribution in [1.29, 1.82) is 5.26 Å². The molecular weight excluding hydrogens is 434 g/mol. The standard InChI is InChI=1S/C26H33N3O3S/c1-7-23(24(30)28-19-12-20(31-5)14-21(13-19)32-6)33-25-17(15-27)10-16-11-18(26(2,3)4)8-9-22(16)29-25/h10,12-14,18,23H,7-9,11H2,1-6H3,(H,28,30). The number of carbonyl (C=O) groups is 1. The Morgan fingerprint density at radius 1 is 1.24 bits per heavy atom. The molecule has 2 unspecified atom stereocenters. The Morgan fingerprint density at radius 2 is 1.91 bits per heavy atom. The van der Waals surface area contributed by atoms with Crippen molar-refractivity contribution in [2.45, 2.75) is 63.7 Å². The van der Waals surface area contributed by atoms with E-state index in [1.54, 1.807) is 32.4 Å². The number of nitriles is 1. The molecule has 3 rings (SSSR count). The first kappa shape index (κ1) is 24.9. The maximum absolute atomic E-state index is 13.1. The second-order valence-electron chi connectivity index (χ2n) is 9.47. The molecule has 1 amide bonds. The average molecular weight is 468 g/mol. The molecule has 1 aliphatic rings. The van der Waals surface area contributed by atoms with Crippen LogP contribution in [0.3, 0.4) is 0 Å². The monoisotopic (exact) mass is 467 g/mol. The highest BCUT2D eigenvalue weighted by molar-refractivity contribution is 8.00. The summed E-state index contributed by atoms with van der Waals surface area (Å²) in [5, 5.41) is 13.0. The molecular formula is C26H33N3O3S. The number of pyridine rings is 1. The zero-order valence-corrected chi connectivity index (χ0v) is 21.1. The van der Waals surface area contributed by atoms with Crippen LogP contribution in [-0.2, 0) is 17.6 Å². The van der Waals surface area contributed by atoms with Crippen molar-refractivity contribution >= 4 is 23.4 Å². The number of aromatic nitrogens is 1. The molecule has 0 saturated carbocycles. The Hall–Kier alpha value is -2.72. The summed E-state index contributed by atoms with van der Waals surface area (Å²) in [6, 6.07) is 9.54. The van der Waals surface area contributed by atoms with Gasteiger partial charge in [0, 0.05) is 29.6 Å². The summed E-state index contributed by atoms with van der Waals surface area (Å²) in [5.74, 6) is 1.63. The van der Waals surface area contributed by atoms with Crippen molar-refractivity contribution in [3.05, 3.63) is 41.1 Å². The number of carbonyl (C=O) groups excluding carboxylic acids is 1. The van der Waals surface area contributed by atoms with Gasteiger partial charge in [0.25, 0.3) is 0 Å². The number of thioether (sulfide) groups is 1. The molecule has 2 aromatic rings. The van der Waals surface area contributed by atoms with Gasteiger partial charge in [-0.25, -0.2) is 4.98 Å². The Balaban J connectivity index is 1.80. The SMILES string of the molecule is CCC(Sc1nc2c(cc1C#N)CC(C(C)(C)C)CC2)C(=O)Nc1cc(OC)cc(OC)c1. The lowest BCUT2D eigenvalue weighted by atomic mass is 9.71. The minimum Gasteiger partial charge on any atom is -0.497 e. The molecule has 1 N–H and O–H groups in total. The molecule has 0 bridgehead atoms. The molecule has 2 atom stereocenters. The van der Waals surface area contributed by atoms with Crippen LogP contribution in [0.4, 0.5) is 5.69 Å². The van der Waals surface area contributed by atoms with Crippen LogP contribution in [-0.4, -0.2) is 30.4 Å². The van der Waals surface area contributed by atoms with Crippen LogP contribution in [0.25, 0.3) is 0 Å². The lowest BCUT2D eigenvalue weighted by molar-refractivity contribution is -0.115. The van der Waals surface area contributed by atoms with Gasteiger partial charge in [0.2, 0.25) is 5.91 Å². The van der Waals surface area contributed by atoms with Gasteiger partial charge in [0.05, 0.1) is 25.0 Å². The van der Waals surface area contributed by atoms with Crippen LogP contribution in [0.5, 0.6) is 11.5 Å². The second-order valence-corrected chi connectivity index (χ2v) is 10.7. The predicted octanol–water partition coefficient (Wildman–Crippen LogP) is 5.63. The maximum Gasteiger partial charge on any atom is 0.237 e. The number of fused-ring (bicyclic) bond motifs is 1. The largest absolute Gasteiger partial charge is 0.497 e. The Bertz CT molecular complexity index is 1030. The Labute approximate surface area is 201 Å². The zero-order valence-electron chi connectivity index (χ0n) is 20.3. The molecule has 0 radical (unpaired) electrons. The van der Waals surface area contributed by atoms with Crippen molar-refractivity contribution in [2.75, 3.05) is 19.5 Å². The minimum absolute atomic E-state index is 0.144. The highest BCUT2D eigenvalue weighted by atomic mass is 32.2.